The van der Waals surface area contributed by atoms with Gasteiger partial charge < -0.3 is 20.2 Å². The number of hydrogen-bond acceptors (Lipinski definition) is 4. The first-order valence-electron chi connectivity index (χ1n) is 2.67. The van der Waals surface area contributed by atoms with Gasteiger partial charge in [-0.25, -0.2) is 9.13 Å². The fourth-order valence-electron chi connectivity index (χ4n) is 0.319. The highest BCUT2D eigenvalue weighted by molar-refractivity contribution is 7.60. The number of nitrogens with zero attached hydrogens (tertiary/aromatic N) is 2. The zero-order valence-corrected chi connectivity index (χ0v) is 7.84. The molecule has 0 amide bonds. The molecule has 0 heterocycles. The lowest BCUT2D eigenvalue weighted by atomic mass is 10.8. The molecule has 0 aromatic carbocycles. The second kappa shape index (κ2) is 4.76. The molecular formula is C2H6N2O7P2. The summed E-state index contributed by atoms with van der Waals surface area (Å²) in [6.45, 7) is -0.621. The van der Waals surface area contributed by atoms with Crippen molar-refractivity contribution in [1.29, 1.82) is 0 Å². The summed E-state index contributed by atoms with van der Waals surface area (Å²) in [6, 6.07) is 0. The Bertz CT molecular complexity index is 302. The van der Waals surface area contributed by atoms with Gasteiger partial charge in [-0.15, -0.1) is 0 Å². The van der Waals surface area contributed by atoms with Gasteiger partial charge in [0.1, 0.15) is 0 Å². The van der Waals surface area contributed by atoms with Crippen LogP contribution in [0.5, 0.6) is 0 Å². The molecule has 13 heavy (non-hydrogen) atoms. The molecule has 0 fully saturated rings. The van der Waals surface area contributed by atoms with E-state index in [4.69, 9.17) is 20.2 Å². The van der Waals surface area contributed by atoms with Gasteiger partial charge in [-0.05, 0) is 0 Å². The Morgan fingerprint density at radius 1 is 1.38 bits per heavy atom. The smallest absolute Gasteiger partial charge is 0.362 e. The first-order chi connectivity index (χ1) is 5.77. The first kappa shape index (κ1) is 12.6. The molecule has 3 N–H and O–H groups in total. The van der Waals surface area contributed by atoms with Crippen LogP contribution >= 0.6 is 15.6 Å². The Morgan fingerprint density at radius 2 is 1.92 bits per heavy atom. The third-order valence-electron chi connectivity index (χ3n) is 0.603. The van der Waals surface area contributed by atoms with Crippen molar-refractivity contribution >= 4 is 21.9 Å². The van der Waals surface area contributed by atoms with Gasteiger partial charge >= 0.3 is 15.6 Å². The normalized spacial score (nSPS) is 15.9. The van der Waals surface area contributed by atoms with Crippen LogP contribution in [0.3, 0.4) is 0 Å². The van der Waals surface area contributed by atoms with Gasteiger partial charge in [0.25, 0.3) is 6.21 Å². The summed E-state index contributed by atoms with van der Waals surface area (Å²) < 4.78 is 28.0. The molecule has 11 heteroatoms. The number of phosphoric ester groups is 1. The highest BCUT2D eigenvalue weighted by Gasteiger charge is 2.32. The van der Waals surface area contributed by atoms with E-state index in [9.17, 15) is 9.13 Å². The second-order valence-corrected chi connectivity index (χ2v) is 4.46. The minimum Gasteiger partial charge on any atom is -0.362 e. The lowest BCUT2D eigenvalue weighted by molar-refractivity contribution is -0.00301. The number of phosphoric acid groups is 2. The maximum absolute atomic E-state index is 10.6. The molecule has 0 saturated heterocycles. The van der Waals surface area contributed by atoms with Crippen molar-refractivity contribution in [3.05, 3.63) is 5.53 Å². The predicted octanol–water partition coefficient (Wildman–Crippen LogP) is -0.487. The van der Waals surface area contributed by atoms with Crippen molar-refractivity contribution in [2.75, 3.05) is 6.61 Å². The van der Waals surface area contributed by atoms with E-state index in [-0.39, 0.29) is 0 Å². The third-order valence-corrected chi connectivity index (χ3v) is 2.76. The molecule has 1 atom stereocenters. The van der Waals surface area contributed by atoms with Gasteiger partial charge in [-0.2, -0.15) is 9.10 Å². The summed E-state index contributed by atoms with van der Waals surface area (Å²) in [6.07, 6.45) is 0.686. The monoisotopic (exact) mass is 232 g/mol. The summed E-state index contributed by atoms with van der Waals surface area (Å²) in [7, 11) is -9.89. The zero-order valence-electron chi connectivity index (χ0n) is 6.05. The van der Waals surface area contributed by atoms with Crippen LogP contribution in [0, 0.1) is 0 Å². The molecule has 0 aromatic rings. The Kier molecular flexibility index (Phi) is 4.63. The third kappa shape index (κ3) is 7.98. The summed E-state index contributed by atoms with van der Waals surface area (Å²) in [5.74, 6) is 0. The predicted molar refractivity (Wildman–Crippen MR) is 38.6 cm³/mol. The molecule has 76 valence electrons. The lowest BCUT2D eigenvalue weighted by Gasteiger charge is -2.09. The zero-order chi connectivity index (χ0) is 10.5. The molecule has 0 aliphatic heterocycles. The van der Waals surface area contributed by atoms with Crippen molar-refractivity contribution in [1.82, 2.24) is 0 Å². The fourth-order valence-corrected chi connectivity index (χ4v) is 1.84. The highest BCUT2D eigenvalue weighted by atomic mass is 31.3. The SMILES string of the molecule is [N-]=[N+]=CCOP(=O)(O)OP(=O)(O)O. The van der Waals surface area contributed by atoms with E-state index in [1.807, 2.05) is 0 Å². The van der Waals surface area contributed by atoms with Crippen molar-refractivity contribution < 1.29 is 37.4 Å². The van der Waals surface area contributed by atoms with Crippen LogP contribution in [-0.4, -0.2) is 32.3 Å². The molecule has 0 radical (unpaired) electrons. The summed E-state index contributed by atoms with van der Waals surface area (Å²) in [4.78, 5) is 27.2. The largest absolute Gasteiger partial charge is 0.481 e. The average molecular weight is 232 g/mol. The molecule has 0 bridgehead atoms. The van der Waals surface area contributed by atoms with Crippen molar-refractivity contribution in [3.8, 4) is 0 Å². The molecule has 0 aliphatic rings. The summed E-state index contributed by atoms with van der Waals surface area (Å²) in [5.41, 5.74) is 7.82. The Morgan fingerprint density at radius 3 is 2.31 bits per heavy atom. The van der Waals surface area contributed by atoms with Gasteiger partial charge in [0.05, 0.1) is 0 Å². The van der Waals surface area contributed by atoms with Crippen molar-refractivity contribution in [2.45, 2.75) is 0 Å². The van der Waals surface area contributed by atoms with E-state index in [0.29, 0.717) is 6.21 Å². The molecule has 0 rings (SSSR count). The quantitative estimate of drug-likeness (QED) is 0.250. The molecule has 0 saturated carbocycles. The minimum absolute atomic E-state index is 0.621. The Hall–Kier alpha value is -0.360. The Labute approximate surface area is 72.4 Å². The lowest BCUT2D eigenvalue weighted by Crippen LogP contribution is -1.96. The molecule has 0 aliphatic carbocycles. The van der Waals surface area contributed by atoms with Crippen LogP contribution < -0.4 is 0 Å². The summed E-state index contributed by atoms with van der Waals surface area (Å²) >= 11 is 0. The molecule has 0 aromatic heterocycles. The second-order valence-electron chi connectivity index (χ2n) is 1.63. The average Bonchev–Trinajstić information content (AvgIpc) is 1.81. The first-order valence-corrected chi connectivity index (χ1v) is 5.69. The van der Waals surface area contributed by atoms with E-state index in [1.165, 1.54) is 0 Å². The van der Waals surface area contributed by atoms with Crippen LogP contribution in [0.25, 0.3) is 5.53 Å². The maximum Gasteiger partial charge on any atom is 0.481 e. The number of rotatable bonds is 5. The topological polar surface area (TPSA) is 150 Å². The van der Waals surface area contributed by atoms with E-state index in [0.717, 1.165) is 0 Å². The molecule has 9 nitrogen and oxygen atoms in total. The fraction of sp³-hybridized carbons (Fsp3) is 0.500. The standard InChI is InChI=1S/C2H6N2O7P2/c3-4-1-2-10-13(8,9)11-12(5,6)7/h1H,2H2,(H,8,9)(H2,5,6,7). The highest BCUT2D eigenvalue weighted by Crippen LogP contribution is 2.57. The van der Waals surface area contributed by atoms with Gasteiger partial charge in [0.15, 0.2) is 6.61 Å². The van der Waals surface area contributed by atoms with Gasteiger partial charge in [0.2, 0.25) is 0 Å². The van der Waals surface area contributed by atoms with Gasteiger partial charge in [-0.3, -0.25) is 4.52 Å². The van der Waals surface area contributed by atoms with Crippen molar-refractivity contribution in [2.24, 2.45) is 0 Å². The van der Waals surface area contributed by atoms with Crippen LogP contribution in [0.1, 0.15) is 0 Å². The van der Waals surface area contributed by atoms with E-state index in [2.05, 4.69) is 13.6 Å². The van der Waals surface area contributed by atoms with E-state index in [1.54, 1.807) is 0 Å². The van der Waals surface area contributed by atoms with Crippen molar-refractivity contribution in [3.63, 3.8) is 0 Å². The van der Waals surface area contributed by atoms with Crippen LogP contribution in [-0.2, 0) is 18.0 Å². The maximum atomic E-state index is 10.6. The van der Waals surface area contributed by atoms with Gasteiger partial charge in [0, 0.05) is 0 Å². The Balaban J connectivity index is 4.17. The van der Waals surface area contributed by atoms with E-state index < -0.39 is 22.3 Å². The minimum atomic E-state index is -5.08. The van der Waals surface area contributed by atoms with E-state index >= 15 is 0 Å². The van der Waals surface area contributed by atoms with Crippen LogP contribution in [0.15, 0.2) is 0 Å². The van der Waals surface area contributed by atoms with Gasteiger partial charge in [-0.1, -0.05) is 0 Å². The van der Waals surface area contributed by atoms with Crippen LogP contribution in [0.2, 0.25) is 0 Å². The number of hydrogen-bond donors (Lipinski definition) is 3. The molecular weight excluding hydrogens is 226 g/mol. The molecule has 0 spiro atoms. The molecule has 1 unspecified atom stereocenters. The van der Waals surface area contributed by atoms with Crippen LogP contribution in [0.4, 0.5) is 0 Å². The summed E-state index contributed by atoms with van der Waals surface area (Å²) in [5, 5.41) is 0.